The lowest BCUT2D eigenvalue weighted by Crippen LogP contribution is -2.76. The number of sulfonamides is 1. The van der Waals surface area contributed by atoms with Crippen LogP contribution in [0.4, 0.5) is 4.39 Å². The minimum atomic E-state index is -3.34. The van der Waals surface area contributed by atoms with Crippen molar-refractivity contribution in [1.29, 1.82) is 5.26 Å². The second-order valence-electron chi connectivity index (χ2n) is 6.65. The average Bonchev–Trinajstić information content (AvgIpc) is 3.30. The molecule has 0 bridgehead atoms. The van der Waals surface area contributed by atoms with E-state index in [2.05, 4.69) is 21.1 Å². The van der Waals surface area contributed by atoms with E-state index in [0.29, 0.717) is 22.3 Å². The number of halogens is 1. The summed E-state index contributed by atoms with van der Waals surface area (Å²) in [6.45, 7) is 1.02. The number of nitriles is 1. The first kappa shape index (κ1) is 17.6. The molecule has 4 rings (SSSR count). The van der Waals surface area contributed by atoms with Crippen LogP contribution in [0.25, 0.3) is 22.2 Å². The van der Waals surface area contributed by atoms with Gasteiger partial charge in [-0.15, -0.1) is 4.68 Å². The molecule has 0 unspecified atom stereocenters. The van der Waals surface area contributed by atoms with Gasteiger partial charge in [-0.25, -0.2) is 17.8 Å². The summed E-state index contributed by atoms with van der Waals surface area (Å²) < 4.78 is 40.7. The van der Waals surface area contributed by atoms with Crippen molar-refractivity contribution in [2.24, 2.45) is 0 Å². The van der Waals surface area contributed by atoms with Gasteiger partial charge in [-0.05, 0) is 13.0 Å². The molecule has 2 N–H and O–H groups in total. The molecule has 0 amide bonds. The lowest BCUT2D eigenvalue weighted by molar-refractivity contribution is -0.820. The lowest BCUT2D eigenvalue weighted by atomic mass is 9.94. The number of pyridine rings is 1. The number of hydrogen-bond donors (Lipinski definition) is 2. The predicted octanol–water partition coefficient (Wildman–Crippen LogP) is 1.05. The molecule has 1 aliphatic rings. The molecular weight excluding hydrogens is 371 g/mol. The Hall–Kier alpha value is -2.77. The van der Waals surface area contributed by atoms with Crippen LogP contribution in [0, 0.1) is 11.3 Å². The minimum absolute atomic E-state index is 0.00990. The molecule has 8 nitrogen and oxygen atoms in total. The Kier molecular flexibility index (Phi) is 4.01. The number of alkyl halides is 1. The second kappa shape index (κ2) is 6.14. The van der Waals surface area contributed by atoms with Crippen LogP contribution in [0.1, 0.15) is 12.5 Å². The van der Waals surface area contributed by atoms with Crippen molar-refractivity contribution in [2.45, 2.75) is 12.5 Å². The molecule has 27 heavy (non-hydrogen) atoms. The van der Waals surface area contributed by atoms with Gasteiger partial charge in [0.2, 0.25) is 21.8 Å². The number of aromatic nitrogens is 4. The molecule has 0 spiro atoms. The highest BCUT2D eigenvalue weighted by atomic mass is 32.2. The van der Waals surface area contributed by atoms with Gasteiger partial charge >= 0.3 is 0 Å². The number of H-pyrrole nitrogens is 2. The normalized spacial score (nSPS) is 16.9. The Bertz CT molecular complexity index is 1150. The summed E-state index contributed by atoms with van der Waals surface area (Å²) in [4.78, 5) is 7.22. The van der Waals surface area contributed by atoms with Crippen LogP contribution in [0.2, 0.25) is 0 Å². The number of rotatable bonds is 5. The maximum absolute atomic E-state index is 13.9. The van der Waals surface area contributed by atoms with Gasteiger partial charge in [0.15, 0.2) is 6.67 Å². The highest BCUT2D eigenvalue weighted by Gasteiger charge is 2.57. The summed E-state index contributed by atoms with van der Waals surface area (Å²) in [6.07, 6.45) is 6.65. The highest BCUT2D eigenvalue weighted by molar-refractivity contribution is 7.89. The zero-order valence-electron chi connectivity index (χ0n) is 14.6. The SMILES string of the molecule is CCS(=O)(=O)N1CC(CF)([n+]2cc(-c3c(C#N)cnc4[nH]ccc34)c[nH]2)C1. The van der Waals surface area contributed by atoms with Crippen molar-refractivity contribution in [1.82, 2.24) is 19.4 Å². The topological polar surface area (TPSA) is 110 Å². The van der Waals surface area contributed by atoms with Crippen molar-refractivity contribution >= 4 is 21.1 Å². The molecule has 3 aromatic rings. The first-order chi connectivity index (χ1) is 12.9. The molecule has 1 saturated heterocycles. The van der Waals surface area contributed by atoms with Gasteiger partial charge in [0.05, 0.1) is 36.2 Å². The van der Waals surface area contributed by atoms with Gasteiger partial charge in [0, 0.05) is 23.3 Å². The monoisotopic (exact) mass is 389 g/mol. The summed E-state index contributed by atoms with van der Waals surface area (Å²) in [5.41, 5.74) is 1.51. The van der Waals surface area contributed by atoms with E-state index in [4.69, 9.17) is 0 Å². The van der Waals surface area contributed by atoms with Gasteiger partial charge in [-0.3, -0.25) is 0 Å². The van der Waals surface area contributed by atoms with E-state index in [1.807, 2.05) is 6.07 Å². The number of nitrogens with one attached hydrogen (secondary N) is 2. The Morgan fingerprint density at radius 3 is 2.93 bits per heavy atom. The Morgan fingerprint density at radius 1 is 1.48 bits per heavy atom. The predicted molar refractivity (Wildman–Crippen MR) is 95.8 cm³/mol. The van der Waals surface area contributed by atoms with Crippen LogP contribution < -0.4 is 4.68 Å². The molecule has 1 aliphatic heterocycles. The van der Waals surface area contributed by atoms with Gasteiger partial charge in [-0.1, -0.05) is 0 Å². The molecule has 0 radical (unpaired) electrons. The van der Waals surface area contributed by atoms with E-state index in [9.17, 15) is 18.1 Å². The summed E-state index contributed by atoms with van der Waals surface area (Å²) in [6, 6.07) is 3.97. The van der Waals surface area contributed by atoms with Gasteiger partial charge < -0.3 is 4.98 Å². The third-order valence-corrected chi connectivity index (χ3v) is 6.86. The molecule has 1 fully saturated rings. The molecule has 10 heteroatoms. The smallest absolute Gasteiger partial charge is 0.246 e. The summed E-state index contributed by atoms with van der Waals surface area (Å²) >= 11 is 0. The third-order valence-electron chi connectivity index (χ3n) is 5.08. The molecule has 0 saturated carbocycles. The van der Waals surface area contributed by atoms with Crippen LogP contribution in [0.3, 0.4) is 0 Å². The number of aromatic amines is 2. The fourth-order valence-electron chi connectivity index (χ4n) is 3.46. The Morgan fingerprint density at radius 2 is 2.26 bits per heavy atom. The fourth-order valence-corrected chi connectivity index (χ4v) is 4.70. The van der Waals surface area contributed by atoms with Crippen molar-refractivity contribution in [2.75, 3.05) is 25.5 Å². The average molecular weight is 389 g/mol. The molecule has 3 aromatic heterocycles. The molecule has 0 aromatic carbocycles. The van der Waals surface area contributed by atoms with E-state index in [1.165, 1.54) is 10.5 Å². The lowest BCUT2D eigenvalue weighted by Gasteiger charge is -2.41. The molecule has 0 atom stereocenters. The number of nitrogens with zero attached hydrogens (tertiary/aromatic N) is 4. The maximum atomic E-state index is 13.9. The van der Waals surface area contributed by atoms with E-state index >= 15 is 0 Å². The zero-order chi connectivity index (χ0) is 19.2. The molecule has 4 heterocycles. The standard InChI is InChI=1S/C17H17FN6O2S/c1-2-27(25,26)23-10-17(9-18,11-23)24-8-13(7-22-24)15-12(5-19)6-21-16-14(15)3-4-20-16/h3-4,6-8H,2,9-11H2,1H3,(H,20,21)/p+1. The largest absolute Gasteiger partial charge is 0.346 e. The van der Waals surface area contributed by atoms with Crippen LogP contribution >= 0.6 is 0 Å². The van der Waals surface area contributed by atoms with Crippen LogP contribution in [-0.2, 0) is 15.6 Å². The van der Waals surface area contributed by atoms with Crippen LogP contribution in [0.15, 0.2) is 30.9 Å². The van der Waals surface area contributed by atoms with Crippen LogP contribution in [-0.4, -0.2) is 53.3 Å². The van der Waals surface area contributed by atoms with Gasteiger partial charge in [0.1, 0.15) is 11.7 Å². The van der Waals surface area contributed by atoms with E-state index in [-0.39, 0.29) is 18.8 Å². The van der Waals surface area contributed by atoms with Gasteiger partial charge in [-0.2, -0.15) is 14.7 Å². The van der Waals surface area contributed by atoms with Crippen molar-refractivity contribution < 1.29 is 17.5 Å². The van der Waals surface area contributed by atoms with Crippen molar-refractivity contribution in [3.8, 4) is 17.2 Å². The fraction of sp³-hybridized carbons (Fsp3) is 0.353. The second-order valence-corrected chi connectivity index (χ2v) is 8.91. The van der Waals surface area contributed by atoms with Crippen LogP contribution in [0.5, 0.6) is 0 Å². The number of fused-ring (bicyclic) bond motifs is 1. The summed E-state index contributed by atoms with van der Waals surface area (Å²) in [5.74, 6) is -0.00990. The van der Waals surface area contributed by atoms with E-state index in [1.54, 1.807) is 30.2 Å². The quantitative estimate of drug-likeness (QED) is 0.636. The van der Waals surface area contributed by atoms with Crippen molar-refractivity contribution in [3.63, 3.8) is 0 Å². The molecule has 0 aliphatic carbocycles. The van der Waals surface area contributed by atoms with Crippen molar-refractivity contribution in [3.05, 3.63) is 36.4 Å². The first-order valence-corrected chi connectivity index (χ1v) is 10.1. The number of hydrogen-bond acceptors (Lipinski definition) is 4. The third kappa shape index (κ3) is 2.62. The highest BCUT2D eigenvalue weighted by Crippen LogP contribution is 2.32. The maximum Gasteiger partial charge on any atom is 0.246 e. The van der Waals surface area contributed by atoms with Gasteiger partial charge in [0.25, 0.3) is 0 Å². The first-order valence-electron chi connectivity index (χ1n) is 8.45. The summed E-state index contributed by atoms with van der Waals surface area (Å²) in [7, 11) is -3.34. The zero-order valence-corrected chi connectivity index (χ0v) is 15.4. The Balaban J connectivity index is 1.73. The minimum Gasteiger partial charge on any atom is -0.346 e. The Labute approximate surface area is 155 Å². The molecular formula is C17H18FN6O2S+. The van der Waals surface area contributed by atoms with E-state index in [0.717, 1.165) is 5.39 Å². The summed E-state index contributed by atoms with van der Waals surface area (Å²) in [5, 5.41) is 13.2. The van der Waals surface area contributed by atoms with E-state index < -0.39 is 22.2 Å². The molecule has 140 valence electrons.